The van der Waals surface area contributed by atoms with Gasteiger partial charge in [0.05, 0.1) is 17.1 Å². The van der Waals surface area contributed by atoms with Crippen LogP contribution in [0.4, 0.5) is 0 Å². The number of phenolic OH excluding ortho intramolecular Hbond substituents is 1. The zero-order valence-corrected chi connectivity index (χ0v) is 18.7. The summed E-state index contributed by atoms with van der Waals surface area (Å²) in [6.07, 6.45) is 0.430. The third kappa shape index (κ3) is 6.29. The summed E-state index contributed by atoms with van der Waals surface area (Å²) in [5.41, 5.74) is 1.94. The molecular formula is C25H23BrN2O4. The number of amides is 2. The van der Waals surface area contributed by atoms with Gasteiger partial charge in [0.2, 0.25) is 0 Å². The molecule has 0 unspecified atom stereocenters. The second-order valence-corrected chi connectivity index (χ2v) is 7.89. The zero-order valence-electron chi connectivity index (χ0n) is 17.2. The van der Waals surface area contributed by atoms with E-state index < -0.39 is 17.9 Å². The molecule has 7 heteroatoms. The Morgan fingerprint density at radius 2 is 1.44 bits per heavy atom. The summed E-state index contributed by atoms with van der Waals surface area (Å²) in [7, 11) is 0. The van der Waals surface area contributed by atoms with E-state index in [4.69, 9.17) is 0 Å². The van der Waals surface area contributed by atoms with Crippen molar-refractivity contribution < 1.29 is 19.8 Å². The monoisotopic (exact) mass is 494 g/mol. The summed E-state index contributed by atoms with van der Waals surface area (Å²) < 4.78 is 0.343. The Balaban J connectivity index is 1.88. The molecule has 2 amide bonds. The molecule has 0 radical (unpaired) electrons. The largest absolute Gasteiger partial charge is 0.508 e. The molecule has 0 bridgehead atoms. The lowest BCUT2D eigenvalue weighted by molar-refractivity contribution is -0.118. The Morgan fingerprint density at radius 3 is 2.03 bits per heavy atom. The van der Waals surface area contributed by atoms with Gasteiger partial charge < -0.3 is 20.8 Å². The summed E-state index contributed by atoms with van der Waals surface area (Å²) >= 11 is 3.42. The van der Waals surface area contributed by atoms with Crippen LogP contribution in [0.1, 0.15) is 21.5 Å². The van der Waals surface area contributed by atoms with Crippen molar-refractivity contribution in [1.82, 2.24) is 10.6 Å². The highest BCUT2D eigenvalue weighted by atomic mass is 79.9. The summed E-state index contributed by atoms with van der Waals surface area (Å²) in [6.45, 7) is -0.266. The Bertz CT molecular complexity index is 1080. The molecule has 0 heterocycles. The molecule has 0 aliphatic rings. The van der Waals surface area contributed by atoms with Gasteiger partial charge in [-0.15, -0.1) is 0 Å². The lowest BCUT2D eigenvalue weighted by Gasteiger charge is -2.19. The second kappa shape index (κ2) is 11.3. The van der Waals surface area contributed by atoms with E-state index in [9.17, 15) is 19.8 Å². The van der Waals surface area contributed by atoms with Crippen molar-refractivity contribution in [2.24, 2.45) is 0 Å². The first kappa shape index (κ1) is 23.2. The number of phenols is 1. The Labute approximate surface area is 194 Å². The summed E-state index contributed by atoms with van der Waals surface area (Å²) in [6, 6.07) is 23.7. The van der Waals surface area contributed by atoms with Gasteiger partial charge in [-0.1, -0.05) is 60.7 Å². The van der Waals surface area contributed by atoms with Gasteiger partial charge in [0, 0.05) is 5.56 Å². The molecule has 0 aliphatic heterocycles. The number of halogens is 1. The van der Waals surface area contributed by atoms with E-state index in [2.05, 4.69) is 26.6 Å². The van der Waals surface area contributed by atoms with E-state index in [1.807, 2.05) is 30.3 Å². The van der Waals surface area contributed by atoms with Crippen LogP contribution in [0, 0.1) is 0 Å². The highest BCUT2D eigenvalue weighted by Crippen LogP contribution is 2.26. The molecule has 0 fully saturated rings. The number of aromatic hydroxyl groups is 1. The number of carbonyl (C=O) groups is 2. The van der Waals surface area contributed by atoms with Crippen molar-refractivity contribution in [2.45, 2.75) is 12.5 Å². The van der Waals surface area contributed by atoms with Gasteiger partial charge in [-0.3, -0.25) is 9.59 Å². The minimum Gasteiger partial charge on any atom is -0.508 e. The molecule has 3 rings (SSSR count). The molecule has 0 aliphatic carbocycles. The van der Waals surface area contributed by atoms with Crippen molar-refractivity contribution in [2.75, 3.05) is 6.61 Å². The molecule has 1 atom stereocenters. The van der Waals surface area contributed by atoms with Crippen LogP contribution in [-0.4, -0.2) is 34.7 Å². The number of aliphatic hydroxyl groups excluding tert-OH is 1. The lowest BCUT2D eigenvalue weighted by atomic mass is 10.1. The van der Waals surface area contributed by atoms with Gasteiger partial charge in [-0.05, 0) is 57.7 Å². The van der Waals surface area contributed by atoms with Gasteiger partial charge in [-0.25, -0.2) is 0 Å². The maximum atomic E-state index is 13.2. The minimum atomic E-state index is -0.552. The molecule has 0 spiro atoms. The number of rotatable bonds is 8. The molecular weight excluding hydrogens is 472 g/mol. The van der Waals surface area contributed by atoms with E-state index in [0.29, 0.717) is 22.0 Å². The first-order chi connectivity index (χ1) is 15.5. The van der Waals surface area contributed by atoms with Crippen LogP contribution in [0.5, 0.6) is 5.75 Å². The average molecular weight is 495 g/mol. The third-order valence-electron chi connectivity index (χ3n) is 4.72. The Hall–Kier alpha value is -3.42. The van der Waals surface area contributed by atoms with Crippen molar-refractivity contribution in [3.8, 4) is 5.75 Å². The van der Waals surface area contributed by atoms with E-state index in [-0.39, 0.29) is 18.1 Å². The van der Waals surface area contributed by atoms with Gasteiger partial charge >= 0.3 is 0 Å². The van der Waals surface area contributed by atoms with E-state index in [1.165, 1.54) is 12.1 Å². The molecule has 164 valence electrons. The fraction of sp³-hybridized carbons (Fsp3) is 0.120. The Morgan fingerprint density at radius 1 is 0.844 bits per heavy atom. The topological polar surface area (TPSA) is 98.7 Å². The molecule has 0 aromatic heterocycles. The van der Waals surface area contributed by atoms with Gasteiger partial charge in [0.1, 0.15) is 11.4 Å². The molecule has 4 N–H and O–H groups in total. The van der Waals surface area contributed by atoms with E-state index >= 15 is 0 Å². The van der Waals surface area contributed by atoms with E-state index in [0.717, 1.165) is 5.56 Å². The third-order valence-corrected chi connectivity index (χ3v) is 5.58. The van der Waals surface area contributed by atoms with Gasteiger partial charge in [0.25, 0.3) is 11.8 Å². The number of carbonyl (C=O) groups excluding carboxylic acids is 2. The van der Waals surface area contributed by atoms with Crippen LogP contribution in [0.2, 0.25) is 0 Å². The Kier molecular flexibility index (Phi) is 8.19. The molecule has 0 saturated carbocycles. The fourth-order valence-corrected chi connectivity index (χ4v) is 3.60. The van der Waals surface area contributed by atoms with Crippen LogP contribution in [0.15, 0.2) is 90.6 Å². The van der Waals surface area contributed by atoms with Gasteiger partial charge in [0.15, 0.2) is 0 Å². The van der Waals surface area contributed by atoms with Crippen molar-refractivity contribution in [3.05, 3.63) is 107 Å². The predicted molar refractivity (Wildman–Crippen MR) is 127 cm³/mol. The van der Waals surface area contributed by atoms with Crippen LogP contribution < -0.4 is 10.6 Å². The summed E-state index contributed by atoms with van der Waals surface area (Å²) in [5.74, 6) is -0.920. The smallest absolute Gasteiger partial charge is 0.269 e. The standard InChI is InChI=1S/C25H23BrN2O4/c26-22(18-11-13-21(30)14-12-18)23(28-24(31)19-9-5-2-6-10-19)25(32)27-20(16-29)15-17-7-3-1-4-8-17/h1-14,20,29-30H,15-16H2,(H,27,32)(H,28,31)/b23-22-/t20-/m0/s1. The predicted octanol–water partition coefficient (Wildman–Crippen LogP) is 3.61. The van der Waals surface area contributed by atoms with Crippen LogP contribution in [-0.2, 0) is 11.2 Å². The lowest BCUT2D eigenvalue weighted by Crippen LogP contribution is -2.43. The van der Waals surface area contributed by atoms with Crippen molar-refractivity contribution in [1.29, 1.82) is 0 Å². The second-order valence-electron chi connectivity index (χ2n) is 7.10. The first-order valence-electron chi connectivity index (χ1n) is 9.99. The minimum absolute atomic E-state index is 0.00365. The maximum Gasteiger partial charge on any atom is 0.269 e. The summed E-state index contributed by atoms with van der Waals surface area (Å²) in [4.78, 5) is 25.9. The number of benzene rings is 3. The SMILES string of the molecule is O=C(N[C@H](CO)Cc1ccccc1)/C(NC(=O)c1ccccc1)=C(/Br)c1ccc(O)cc1. The zero-order chi connectivity index (χ0) is 22.9. The maximum absolute atomic E-state index is 13.2. The number of hydrogen-bond acceptors (Lipinski definition) is 4. The van der Waals surface area contributed by atoms with E-state index in [1.54, 1.807) is 42.5 Å². The first-order valence-corrected chi connectivity index (χ1v) is 10.8. The quantitative estimate of drug-likeness (QED) is 0.359. The number of nitrogens with one attached hydrogen (secondary N) is 2. The number of aliphatic hydroxyl groups is 1. The highest BCUT2D eigenvalue weighted by Gasteiger charge is 2.22. The van der Waals surface area contributed by atoms with Crippen molar-refractivity contribution >= 4 is 32.2 Å². The molecule has 0 saturated heterocycles. The van der Waals surface area contributed by atoms with Crippen LogP contribution in [0.25, 0.3) is 4.48 Å². The van der Waals surface area contributed by atoms with Crippen molar-refractivity contribution in [3.63, 3.8) is 0 Å². The summed E-state index contributed by atoms with van der Waals surface area (Å²) in [5, 5.41) is 24.8. The fourth-order valence-electron chi connectivity index (χ4n) is 3.06. The van der Waals surface area contributed by atoms with Crippen LogP contribution >= 0.6 is 15.9 Å². The van der Waals surface area contributed by atoms with Gasteiger partial charge in [-0.2, -0.15) is 0 Å². The van der Waals surface area contributed by atoms with Crippen LogP contribution in [0.3, 0.4) is 0 Å². The highest BCUT2D eigenvalue weighted by molar-refractivity contribution is 9.15. The molecule has 6 nitrogen and oxygen atoms in total. The molecule has 32 heavy (non-hydrogen) atoms. The normalized spacial score (nSPS) is 12.4. The average Bonchev–Trinajstić information content (AvgIpc) is 2.83. The number of hydrogen-bond donors (Lipinski definition) is 4. The molecule has 3 aromatic rings. The molecule has 3 aromatic carbocycles.